The van der Waals surface area contributed by atoms with Gasteiger partial charge in [-0.1, -0.05) is 44.9 Å². The van der Waals surface area contributed by atoms with Crippen molar-refractivity contribution in [3.8, 4) is 5.75 Å². The third-order valence-electron chi connectivity index (χ3n) is 11.2. The topological polar surface area (TPSA) is 94.9 Å². The number of allylic oxidation sites excluding steroid dienone is 2. The van der Waals surface area contributed by atoms with Gasteiger partial charge in [-0.2, -0.15) is 0 Å². The predicted molar refractivity (Wildman–Crippen MR) is 135 cm³/mol. The van der Waals surface area contributed by atoms with Gasteiger partial charge in [-0.15, -0.1) is 0 Å². The van der Waals surface area contributed by atoms with Gasteiger partial charge in [-0.05, 0) is 80.2 Å². The van der Waals surface area contributed by atoms with Crippen LogP contribution in [0.5, 0.6) is 5.75 Å². The van der Waals surface area contributed by atoms with E-state index >= 15 is 0 Å². The first-order valence-corrected chi connectivity index (χ1v) is 13.6. The number of hydrogen-bond donors (Lipinski definition) is 2. The van der Waals surface area contributed by atoms with E-state index in [9.17, 15) is 24.6 Å². The highest BCUT2D eigenvalue weighted by atomic mass is 16.4. The van der Waals surface area contributed by atoms with Gasteiger partial charge >= 0.3 is 5.97 Å². The minimum atomic E-state index is -0.752. The standard InChI is InChI=1S/C30H37NO5/c1-16(2)20-15-30-12-9-21-28(3,10-6-11-29(21,4)27(35)36)22(30)14-19(20)23-24(30)26(34)31(25(23)33)17-7-5-8-18(32)13-17/h5,7-8,13,15-16,19,21-24,32H,6,9-12,14H2,1-4H3,(H,35,36)/t19-,21-,22+,23-,24+,28+,29-,30-/m1/s1. The first-order valence-electron chi connectivity index (χ1n) is 13.6. The number of nitrogens with zero attached hydrogens (tertiary/aromatic N) is 1. The molecule has 1 aromatic carbocycles. The van der Waals surface area contributed by atoms with E-state index in [4.69, 9.17) is 0 Å². The van der Waals surface area contributed by atoms with Crippen LogP contribution in [0, 0.1) is 51.8 Å². The van der Waals surface area contributed by atoms with Crippen LogP contribution in [0.25, 0.3) is 0 Å². The van der Waals surface area contributed by atoms with Crippen molar-refractivity contribution in [3.05, 3.63) is 35.9 Å². The predicted octanol–water partition coefficient (Wildman–Crippen LogP) is 5.41. The summed E-state index contributed by atoms with van der Waals surface area (Å²) in [6, 6.07) is 6.43. The van der Waals surface area contributed by atoms with Gasteiger partial charge in [0.15, 0.2) is 0 Å². The molecule has 6 aliphatic rings. The first-order chi connectivity index (χ1) is 17.0. The number of rotatable bonds is 3. The van der Waals surface area contributed by atoms with Crippen molar-refractivity contribution in [2.45, 2.75) is 66.2 Å². The number of benzene rings is 1. The van der Waals surface area contributed by atoms with E-state index in [-0.39, 0.29) is 52.6 Å². The number of phenolic OH excluding ortho intramolecular Hbond substituents is 1. The van der Waals surface area contributed by atoms with E-state index in [0.29, 0.717) is 12.1 Å². The van der Waals surface area contributed by atoms with Crippen LogP contribution in [0.3, 0.4) is 0 Å². The van der Waals surface area contributed by atoms with Crippen LogP contribution in [0.4, 0.5) is 5.69 Å². The molecule has 3 saturated carbocycles. The number of carbonyl (C=O) groups excluding carboxylic acids is 2. The van der Waals surface area contributed by atoms with Crippen molar-refractivity contribution in [1.82, 2.24) is 0 Å². The zero-order valence-electron chi connectivity index (χ0n) is 21.7. The molecule has 192 valence electrons. The van der Waals surface area contributed by atoms with Crippen LogP contribution in [0.15, 0.2) is 35.9 Å². The number of anilines is 1. The summed E-state index contributed by atoms with van der Waals surface area (Å²) < 4.78 is 0. The fourth-order valence-electron chi connectivity index (χ4n) is 9.84. The third-order valence-corrected chi connectivity index (χ3v) is 11.2. The summed E-state index contributed by atoms with van der Waals surface area (Å²) in [5, 5.41) is 20.3. The van der Waals surface area contributed by atoms with Crippen molar-refractivity contribution in [2.75, 3.05) is 4.90 Å². The number of imide groups is 1. The quantitative estimate of drug-likeness (QED) is 0.436. The summed E-state index contributed by atoms with van der Waals surface area (Å²) >= 11 is 0. The first kappa shape index (κ1) is 23.7. The Morgan fingerprint density at radius 1 is 1.08 bits per heavy atom. The second-order valence-electron chi connectivity index (χ2n) is 13.0. The van der Waals surface area contributed by atoms with Crippen molar-refractivity contribution < 1.29 is 24.6 Å². The fourth-order valence-corrected chi connectivity index (χ4v) is 9.84. The van der Waals surface area contributed by atoms with Gasteiger partial charge in [0.2, 0.25) is 11.8 Å². The summed E-state index contributed by atoms with van der Waals surface area (Å²) in [6.07, 6.45) is 7.30. The number of carbonyl (C=O) groups is 3. The number of amides is 2. The summed E-state index contributed by atoms with van der Waals surface area (Å²) in [6.45, 7) is 8.58. The number of fused-ring (bicyclic) bond motifs is 1. The summed E-state index contributed by atoms with van der Waals surface area (Å²) in [5.74, 6) is -1.24. The largest absolute Gasteiger partial charge is 0.508 e. The molecule has 2 N–H and O–H groups in total. The highest BCUT2D eigenvalue weighted by Gasteiger charge is 2.73. The van der Waals surface area contributed by atoms with E-state index in [0.717, 1.165) is 32.1 Å². The fraction of sp³-hybridized carbons (Fsp3) is 0.633. The second kappa shape index (κ2) is 7.45. The van der Waals surface area contributed by atoms with Gasteiger partial charge in [0.25, 0.3) is 0 Å². The Morgan fingerprint density at radius 3 is 2.50 bits per heavy atom. The number of hydrogen-bond acceptors (Lipinski definition) is 4. The molecule has 7 rings (SSSR count). The Bertz CT molecular complexity index is 1200. The van der Waals surface area contributed by atoms with Crippen molar-refractivity contribution in [3.63, 3.8) is 0 Å². The zero-order valence-corrected chi connectivity index (χ0v) is 21.7. The van der Waals surface area contributed by atoms with Crippen LogP contribution >= 0.6 is 0 Å². The number of carboxylic acid groups (broad SMARTS) is 1. The highest BCUT2D eigenvalue weighted by Crippen LogP contribution is 2.74. The molecule has 4 fully saturated rings. The van der Waals surface area contributed by atoms with Gasteiger partial charge in [0.1, 0.15) is 5.75 Å². The molecule has 6 nitrogen and oxygen atoms in total. The summed E-state index contributed by atoms with van der Waals surface area (Å²) in [7, 11) is 0. The molecule has 6 heteroatoms. The minimum absolute atomic E-state index is 0.00535. The second-order valence-corrected chi connectivity index (χ2v) is 13.0. The number of aromatic hydroxyl groups is 1. The van der Waals surface area contributed by atoms with Gasteiger partial charge in [-0.25, -0.2) is 4.90 Å². The SMILES string of the molecule is CC(C)C1=C[C@]23CC[C@@H]4[C@](C)(CCC[C@@]4(C)C(=O)O)[C@@H]2C[C@H]1[C@H]1C(=O)N(c2cccc(O)c2)C(=O)[C@H]13. The summed E-state index contributed by atoms with van der Waals surface area (Å²) in [4.78, 5) is 42.0. The van der Waals surface area contributed by atoms with Crippen molar-refractivity contribution >= 4 is 23.5 Å². The Kier molecular flexibility index (Phi) is 4.92. The van der Waals surface area contributed by atoms with E-state index in [1.165, 1.54) is 16.5 Å². The molecular weight excluding hydrogens is 454 g/mol. The summed E-state index contributed by atoms with van der Waals surface area (Å²) in [5.41, 5.74) is 0.366. The maximum absolute atomic E-state index is 14.2. The van der Waals surface area contributed by atoms with E-state index in [1.807, 2.05) is 6.92 Å². The van der Waals surface area contributed by atoms with Crippen molar-refractivity contribution in [1.29, 1.82) is 0 Å². The Labute approximate surface area is 212 Å². The van der Waals surface area contributed by atoms with Gasteiger partial charge in [-0.3, -0.25) is 14.4 Å². The van der Waals surface area contributed by atoms with Gasteiger partial charge in [0, 0.05) is 11.5 Å². The smallest absolute Gasteiger partial charge is 0.309 e. The lowest BCUT2D eigenvalue weighted by Crippen LogP contribution is -2.65. The normalized spacial score (nSPS) is 43.2. The average Bonchev–Trinajstić information content (AvgIpc) is 3.10. The lowest BCUT2D eigenvalue weighted by molar-refractivity contribution is -0.194. The van der Waals surface area contributed by atoms with Gasteiger partial charge < -0.3 is 10.2 Å². The Morgan fingerprint density at radius 2 is 1.83 bits per heavy atom. The molecule has 0 radical (unpaired) electrons. The molecule has 8 atom stereocenters. The zero-order chi connectivity index (χ0) is 25.8. The molecule has 0 unspecified atom stereocenters. The lowest BCUT2D eigenvalue weighted by atomic mass is 9.34. The number of aliphatic carboxylic acids is 1. The highest BCUT2D eigenvalue weighted by molar-refractivity contribution is 6.23. The van der Waals surface area contributed by atoms with E-state index in [2.05, 4.69) is 26.8 Å². The van der Waals surface area contributed by atoms with Crippen LogP contribution < -0.4 is 4.90 Å². The van der Waals surface area contributed by atoms with Crippen LogP contribution in [-0.2, 0) is 14.4 Å². The lowest BCUT2D eigenvalue weighted by Gasteiger charge is -2.68. The molecule has 2 bridgehead atoms. The molecule has 1 saturated heterocycles. The van der Waals surface area contributed by atoms with E-state index in [1.54, 1.807) is 18.2 Å². The molecule has 5 aliphatic carbocycles. The number of carboxylic acids is 1. The third kappa shape index (κ3) is 2.76. The molecule has 1 heterocycles. The van der Waals surface area contributed by atoms with Crippen LogP contribution in [0.1, 0.15) is 66.2 Å². The molecular formula is C30H37NO5. The van der Waals surface area contributed by atoms with E-state index < -0.39 is 22.7 Å². The molecule has 1 aliphatic heterocycles. The Hall–Kier alpha value is -2.63. The van der Waals surface area contributed by atoms with Crippen LogP contribution in [-0.4, -0.2) is 28.0 Å². The molecule has 36 heavy (non-hydrogen) atoms. The van der Waals surface area contributed by atoms with Crippen LogP contribution in [0.2, 0.25) is 0 Å². The molecule has 2 amide bonds. The Balaban J connectivity index is 1.50. The van der Waals surface area contributed by atoms with Crippen molar-refractivity contribution in [2.24, 2.45) is 51.8 Å². The molecule has 0 aromatic heterocycles. The minimum Gasteiger partial charge on any atom is -0.508 e. The maximum atomic E-state index is 14.2. The maximum Gasteiger partial charge on any atom is 0.309 e. The average molecular weight is 492 g/mol. The molecule has 1 aromatic rings. The number of phenols is 1. The van der Waals surface area contributed by atoms with Gasteiger partial charge in [0.05, 0.1) is 22.9 Å². The molecule has 1 spiro atoms. The monoisotopic (exact) mass is 491 g/mol.